The minimum absolute atomic E-state index is 0.271. The smallest absolute Gasteiger partial charge is 0.235 e. The first-order chi connectivity index (χ1) is 11.5. The Morgan fingerprint density at radius 1 is 1.17 bits per heavy atom. The van der Waals surface area contributed by atoms with E-state index < -0.39 is 0 Å². The van der Waals surface area contributed by atoms with E-state index >= 15 is 0 Å². The number of fused-ring (bicyclic) bond motifs is 1. The molecular weight excluding hydrogens is 324 g/mol. The zero-order valence-electron chi connectivity index (χ0n) is 14.2. The summed E-state index contributed by atoms with van der Waals surface area (Å²) < 4.78 is 3.68. The van der Waals surface area contributed by atoms with Gasteiger partial charge >= 0.3 is 0 Å². The van der Waals surface area contributed by atoms with E-state index in [4.69, 9.17) is 0 Å². The van der Waals surface area contributed by atoms with Gasteiger partial charge in [0.15, 0.2) is 10.8 Å². The minimum Gasteiger partial charge on any atom is -0.275 e. The Kier molecular flexibility index (Phi) is 3.27. The summed E-state index contributed by atoms with van der Waals surface area (Å²) in [5.41, 5.74) is 4.87. The van der Waals surface area contributed by atoms with Gasteiger partial charge in [0.2, 0.25) is 4.96 Å². The first-order valence-electron chi connectivity index (χ1n) is 7.74. The average Bonchev–Trinajstić information content (AvgIpc) is 3.23. The van der Waals surface area contributed by atoms with Crippen molar-refractivity contribution >= 4 is 16.3 Å². The zero-order chi connectivity index (χ0) is 17.0. The molecule has 0 bridgehead atoms. The highest BCUT2D eigenvalue weighted by atomic mass is 32.1. The summed E-state index contributed by atoms with van der Waals surface area (Å²) in [6, 6.07) is 2.01. The summed E-state index contributed by atoms with van der Waals surface area (Å²) in [5, 5.41) is 25.9. The monoisotopic (exact) mass is 342 g/mol. The second-order valence-electron chi connectivity index (χ2n) is 6.15. The average molecular weight is 342 g/mol. The summed E-state index contributed by atoms with van der Waals surface area (Å²) in [7, 11) is 1.94. The molecule has 1 N–H and O–H groups in total. The summed E-state index contributed by atoms with van der Waals surface area (Å²) in [5.74, 6) is 1.14. The van der Waals surface area contributed by atoms with Crippen molar-refractivity contribution in [3.63, 3.8) is 0 Å². The lowest BCUT2D eigenvalue weighted by molar-refractivity contribution is 0.726. The third-order valence-electron chi connectivity index (χ3n) is 4.10. The van der Waals surface area contributed by atoms with Crippen LogP contribution < -0.4 is 0 Å². The lowest BCUT2D eigenvalue weighted by atomic mass is 10.1. The number of aromatic nitrogens is 8. The highest BCUT2D eigenvalue weighted by Gasteiger charge is 2.19. The number of nitrogens with one attached hydrogen (secondary N) is 1. The SMILES string of the molecule is Cc1nn(C)c(C)c1-c1cc(-c2nn3c(C(C)C)nnc3s2)[nH]n1. The molecular formula is C15H18N8S. The molecule has 0 saturated heterocycles. The molecule has 4 aromatic heterocycles. The Morgan fingerprint density at radius 3 is 2.62 bits per heavy atom. The van der Waals surface area contributed by atoms with Crippen molar-refractivity contribution in [3.05, 3.63) is 23.3 Å². The van der Waals surface area contributed by atoms with Crippen molar-refractivity contribution < 1.29 is 0 Å². The molecule has 0 atom stereocenters. The third kappa shape index (κ3) is 2.15. The van der Waals surface area contributed by atoms with Gasteiger partial charge in [-0.2, -0.15) is 19.8 Å². The topological polar surface area (TPSA) is 89.6 Å². The Morgan fingerprint density at radius 2 is 1.96 bits per heavy atom. The predicted octanol–water partition coefficient (Wildman–Crippen LogP) is 2.72. The van der Waals surface area contributed by atoms with Gasteiger partial charge in [-0.05, 0) is 19.9 Å². The summed E-state index contributed by atoms with van der Waals surface area (Å²) >= 11 is 1.50. The lowest BCUT2D eigenvalue weighted by Gasteiger charge is -1.97. The highest BCUT2D eigenvalue weighted by Crippen LogP contribution is 2.30. The van der Waals surface area contributed by atoms with Crippen LogP contribution in [0.5, 0.6) is 0 Å². The van der Waals surface area contributed by atoms with Crippen molar-refractivity contribution in [1.82, 2.24) is 39.8 Å². The van der Waals surface area contributed by atoms with Crippen LogP contribution >= 0.6 is 11.3 Å². The van der Waals surface area contributed by atoms with Crippen molar-refractivity contribution in [2.75, 3.05) is 0 Å². The largest absolute Gasteiger partial charge is 0.275 e. The molecule has 0 unspecified atom stereocenters. The Balaban J connectivity index is 1.77. The molecule has 4 rings (SSSR count). The van der Waals surface area contributed by atoms with Crippen molar-refractivity contribution in [3.8, 4) is 22.0 Å². The van der Waals surface area contributed by atoms with Crippen LogP contribution in [-0.4, -0.2) is 39.8 Å². The van der Waals surface area contributed by atoms with Gasteiger partial charge in [0.25, 0.3) is 0 Å². The van der Waals surface area contributed by atoms with Crippen molar-refractivity contribution in [2.24, 2.45) is 7.05 Å². The number of hydrogen-bond acceptors (Lipinski definition) is 6. The molecule has 0 aromatic carbocycles. The maximum atomic E-state index is 4.64. The van der Waals surface area contributed by atoms with Crippen LogP contribution in [0.15, 0.2) is 6.07 Å². The predicted molar refractivity (Wildman–Crippen MR) is 92.0 cm³/mol. The van der Waals surface area contributed by atoms with Crippen LogP contribution in [0.3, 0.4) is 0 Å². The van der Waals surface area contributed by atoms with Gasteiger partial charge < -0.3 is 0 Å². The molecule has 8 nitrogen and oxygen atoms in total. The minimum atomic E-state index is 0.271. The van der Waals surface area contributed by atoms with Gasteiger partial charge in [0, 0.05) is 24.2 Å². The maximum Gasteiger partial charge on any atom is 0.235 e. The van der Waals surface area contributed by atoms with E-state index in [1.54, 1.807) is 0 Å². The quantitative estimate of drug-likeness (QED) is 0.618. The number of nitrogens with zero attached hydrogens (tertiary/aromatic N) is 7. The van der Waals surface area contributed by atoms with Crippen LogP contribution in [0.1, 0.15) is 37.0 Å². The van der Waals surface area contributed by atoms with E-state index in [2.05, 4.69) is 44.4 Å². The molecule has 0 aliphatic heterocycles. The molecule has 4 heterocycles. The Bertz CT molecular complexity index is 1030. The molecule has 4 aromatic rings. The Labute approximate surface area is 142 Å². The summed E-state index contributed by atoms with van der Waals surface area (Å²) in [6.45, 7) is 8.20. The molecule has 0 aliphatic rings. The molecule has 124 valence electrons. The summed E-state index contributed by atoms with van der Waals surface area (Å²) in [6.07, 6.45) is 0. The molecule has 0 radical (unpaired) electrons. The zero-order valence-corrected chi connectivity index (χ0v) is 15.0. The van der Waals surface area contributed by atoms with Gasteiger partial charge in [-0.3, -0.25) is 9.78 Å². The van der Waals surface area contributed by atoms with Gasteiger partial charge in [-0.25, -0.2) is 0 Å². The fraction of sp³-hybridized carbons (Fsp3) is 0.400. The van der Waals surface area contributed by atoms with Gasteiger partial charge in [0.05, 0.1) is 17.1 Å². The van der Waals surface area contributed by atoms with Gasteiger partial charge in [-0.15, -0.1) is 10.2 Å². The number of H-pyrrole nitrogens is 1. The standard InChI is InChI=1S/C15H18N8S/c1-7(2)13-18-19-15-23(13)21-14(24-15)11-6-10(16-17-11)12-8(3)20-22(5)9(12)4/h6-7H,1-5H3,(H,16,17). The number of hydrogen-bond donors (Lipinski definition) is 1. The van der Waals surface area contributed by atoms with Gasteiger partial charge in [0.1, 0.15) is 0 Å². The van der Waals surface area contributed by atoms with Crippen LogP contribution in [0.4, 0.5) is 0 Å². The molecule has 0 amide bonds. The normalized spacial score (nSPS) is 11.9. The van der Waals surface area contributed by atoms with Gasteiger partial charge in [-0.1, -0.05) is 25.2 Å². The first kappa shape index (κ1) is 15.0. The molecule has 0 saturated carbocycles. The molecule has 0 fully saturated rings. The van der Waals surface area contributed by atoms with E-state index in [-0.39, 0.29) is 5.92 Å². The number of aromatic amines is 1. The van der Waals surface area contributed by atoms with Crippen LogP contribution in [0.25, 0.3) is 26.9 Å². The van der Waals surface area contributed by atoms with E-state index in [1.807, 2.05) is 36.2 Å². The van der Waals surface area contributed by atoms with Crippen molar-refractivity contribution in [2.45, 2.75) is 33.6 Å². The maximum absolute atomic E-state index is 4.64. The van der Waals surface area contributed by atoms with Crippen LogP contribution in [-0.2, 0) is 7.05 Å². The van der Waals surface area contributed by atoms with E-state index in [1.165, 1.54) is 11.3 Å². The first-order valence-corrected chi connectivity index (χ1v) is 8.56. The molecule has 0 spiro atoms. The number of aryl methyl sites for hydroxylation is 2. The molecule has 9 heteroatoms. The fourth-order valence-electron chi connectivity index (χ4n) is 2.80. The van der Waals surface area contributed by atoms with Crippen LogP contribution in [0.2, 0.25) is 0 Å². The summed E-state index contributed by atoms with van der Waals surface area (Å²) in [4.78, 5) is 0.790. The second kappa shape index (κ2) is 5.23. The van der Waals surface area contributed by atoms with E-state index in [0.717, 1.165) is 44.1 Å². The molecule has 24 heavy (non-hydrogen) atoms. The lowest BCUT2D eigenvalue weighted by Crippen LogP contribution is -1.97. The van der Waals surface area contributed by atoms with E-state index in [0.29, 0.717) is 0 Å². The molecule has 0 aliphatic carbocycles. The third-order valence-corrected chi connectivity index (χ3v) is 5.04. The Hall–Kier alpha value is -2.55. The highest BCUT2D eigenvalue weighted by molar-refractivity contribution is 7.19. The fourth-order valence-corrected chi connectivity index (χ4v) is 3.62. The van der Waals surface area contributed by atoms with Crippen LogP contribution in [0, 0.1) is 13.8 Å². The van der Waals surface area contributed by atoms with Crippen molar-refractivity contribution in [1.29, 1.82) is 0 Å². The second-order valence-corrected chi connectivity index (χ2v) is 7.11. The number of rotatable bonds is 3. The van der Waals surface area contributed by atoms with E-state index in [9.17, 15) is 0 Å².